The molecule has 1 aromatic heterocycles. The molecule has 2 N–H and O–H groups in total. The molecule has 1 fully saturated rings. The van der Waals surface area contributed by atoms with Crippen LogP contribution in [0.15, 0.2) is 24.4 Å². The third-order valence-electron chi connectivity index (χ3n) is 4.20. The van der Waals surface area contributed by atoms with E-state index in [-0.39, 0.29) is 0 Å². The Morgan fingerprint density at radius 3 is 2.68 bits per heavy atom. The first-order chi connectivity index (χ1) is 9.29. The minimum absolute atomic E-state index is 0.893. The smallest absolute Gasteiger partial charge is 0.0717 e. The van der Waals surface area contributed by atoms with Crippen LogP contribution in [-0.2, 0) is 13.1 Å². The number of benzene rings is 1. The molecule has 0 spiro atoms. The van der Waals surface area contributed by atoms with Crippen LogP contribution in [0.2, 0.25) is 0 Å². The Kier molecular flexibility index (Phi) is 3.47. The third kappa shape index (κ3) is 2.35. The highest BCUT2D eigenvalue weighted by molar-refractivity contribution is 5.93. The van der Waals surface area contributed by atoms with E-state index in [1.165, 1.54) is 48.8 Å². The minimum Gasteiger partial charge on any atom is -0.397 e. The average molecular weight is 257 g/mol. The van der Waals surface area contributed by atoms with Gasteiger partial charge in [-0.3, -0.25) is 4.90 Å². The fraction of sp³-hybridized carbons (Fsp3) is 0.500. The maximum Gasteiger partial charge on any atom is 0.0717 e. The summed E-state index contributed by atoms with van der Waals surface area (Å²) in [7, 11) is 0. The molecule has 0 radical (unpaired) electrons. The van der Waals surface area contributed by atoms with Gasteiger partial charge in [-0.1, -0.05) is 18.6 Å². The molecule has 1 saturated heterocycles. The van der Waals surface area contributed by atoms with Crippen LogP contribution in [0.1, 0.15) is 31.7 Å². The van der Waals surface area contributed by atoms with Crippen LogP contribution in [0.25, 0.3) is 10.9 Å². The lowest BCUT2D eigenvalue weighted by Crippen LogP contribution is -2.28. The molecule has 0 aliphatic carbocycles. The topological polar surface area (TPSA) is 34.2 Å². The van der Waals surface area contributed by atoms with Crippen molar-refractivity contribution in [1.29, 1.82) is 0 Å². The van der Waals surface area contributed by atoms with Crippen LogP contribution in [0.5, 0.6) is 0 Å². The largest absolute Gasteiger partial charge is 0.397 e. The second-order valence-electron chi connectivity index (χ2n) is 5.52. The van der Waals surface area contributed by atoms with Gasteiger partial charge in [0.1, 0.15) is 0 Å². The Bertz CT molecular complexity index is 565. The zero-order valence-electron chi connectivity index (χ0n) is 11.7. The van der Waals surface area contributed by atoms with Gasteiger partial charge in [-0.15, -0.1) is 0 Å². The summed E-state index contributed by atoms with van der Waals surface area (Å²) < 4.78 is 2.28. The Labute approximate surface area is 115 Å². The summed E-state index contributed by atoms with van der Waals surface area (Å²) in [5.74, 6) is 0. The van der Waals surface area contributed by atoms with Gasteiger partial charge in [-0.05, 0) is 44.5 Å². The molecule has 3 heteroatoms. The molecular formula is C16H23N3. The monoisotopic (exact) mass is 257 g/mol. The maximum absolute atomic E-state index is 6.14. The van der Waals surface area contributed by atoms with Crippen molar-refractivity contribution in [3.05, 3.63) is 30.0 Å². The van der Waals surface area contributed by atoms with E-state index in [0.717, 1.165) is 18.8 Å². The van der Waals surface area contributed by atoms with Crippen LogP contribution >= 0.6 is 0 Å². The first-order valence-electron chi connectivity index (χ1n) is 7.38. The van der Waals surface area contributed by atoms with Gasteiger partial charge in [0.25, 0.3) is 0 Å². The summed E-state index contributed by atoms with van der Waals surface area (Å²) in [6.45, 7) is 6.69. The number of rotatable bonds is 3. The van der Waals surface area contributed by atoms with Crippen molar-refractivity contribution in [2.45, 2.75) is 39.3 Å². The van der Waals surface area contributed by atoms with Gasteiger partial charge in [0.2, 0.25) is 0 Å². The zero-order chi connectivity index (χ0) is 13.2. The molecule has 2 aromatic rings. The number of likely N-dealkylation sites (tertiary alicyclic amines) is 1. The quantitative estimate of drug-likeness (QED) is 0.857. The number of hydrogen-bond donors (Lipinski definition) is 1. The summed E-state index contributed by atoms with van der Waals surface area (Å²) in [5, 5.41) is 1.33. The lowest BCUT2D eigenvalue weighted by Gasteiger charge is -2.26. The molecule has 2 heterocycles. The van der Waals surface area contributed by atoms with E-state index in [4.69, 9.17) is 5.73 Å². The van der Waals surface area contributed by atoms with Crippen molar-refractivity contribution in [3.8, 4) is 0 Å². The van der Waals surface area contributed by atoms with E-state index in [1.807, 2.05) is 6.07 Å². The van der Waals surface area contributed by atoms with Crippen molar-refractivity contribution >= 4 is 16.6 Å². The number of aryl methyl sites for hydroxylation is 1. The van der Waals surface area contributed by atoms with Crippen molar-refractivity contribution in [1.82, 2.24) is 9.47 Å². The molecule has 1 aliphatic heterocycles. The molecule has 3 nitrogen and oxygen atoms in total. The Morgan fingerprint density at radius 1 is 1.16 bits per heavy atom. The van der Waals surface area contributed by atoms with E-state index in [1.54, 1.807) is 0 Å². The average Bonchev–Trinajstić information content (AvgIpc) is 2.80. The van der Waals surface area contributed by atoms with Crippen LogP contribution in [0.4, 0.5) is 5.69 Å². The van der Waals surface area contributed by atoms with E-state index in [0.29, 0.717) is 0 Å². The Morgan fingerprint density at radius 2 is 1.95 bits per heavy atom. The Balaban J connectivity index is 1.96. The van der Waals surface area contributed by atoms with Crippen LogP contribution in [0, 0.1) is 0 Å². The number of anilines is 1. The Hall–Kier alpha value is -1.48. The van der Waals surface area contributed by atoms with Crippen molar-refractivity contribution < 1.29 is 0 Å². The van der Waals surface area contributed by atoms with Gasteiger partial charge in [0.15, 0.2) is 0 Å². The number of nitrogen functional groups attached to an aromatic ring is 1. The number of nitrogens with two attached hydrogens (primary N) is 1. The van der Waals surface area contributed by atoms with Crippen LogP contribution in [-0.4, -0.2) is 22.6 Å². The van der Waals surface area contributed by atoms with Gasteiger partial charge >= 0.3 is 0 Å². The molecule has 1 aromatic carbocycles. The van der Waals surface area contributed by atoms with Crippen molar-refractivity contribution in [2.75, 3.05) is 18.8 Å². The molecule has 1 aliphatic rings. The fourth-order valence-electron chi connectivity index (χ4n) is 3.20. The number of fused-ring (bicyclic) bond motifs is 1. The predicted molar refractivity (Wildman–Crippen MR) is 81.2 cm³/mol. The predicted octanol–water partition coefficient (Wildman–Crippen LogP) is 3.23. The standard InChI is InChI=1S/C16H23N3/c1-2-19-12-13(11-18-9-4-3-5-10-18)14-7-6-8-15(17)16(14)19/h6-8,12H,2-5,9-11,17H2,1H3. The number of hydrogen-bond acceptors (Lipinski definition) is 2. The highest BCUT2D eigenvalue weighted by Gasteiger charge is 2.15. The molecule has 3 rings (SSSR count). The van der Waals surface area contributed by atoms with Gasteiger partial charge in [0.05, 0.1) is 11.2 Å². The fourth-order valence-corrected chi connectivity index (χ4v) is 3.20. The summed E-state index contributed by atoms with van der Waals surface area (Å²) in [6, 6.07) is 6.27. The lowest BCUT2D eigenvalue weighted by molar-refractivity contribution is 0.221. The van der Waals surface area contributed by atoms with E-state index in [2.05, 4.69) is 34.7 Å². The van der Waals surface area contributed by atoms with Gasteiger partial charge in [-0.2, -0.15) is 0 Å². The van der Waals surface area contributed by atoms with Crippen LogP contribution in [0.3, 0.4) is 0 Å². The molecule has 0 atom stereocenters. The van der Waals surface area contributed by atoms with Crippen LogP contribution < -0.4 is 5.73 Å². The lowest BCUT2D eigenvalue weighted by atomic mass is 10.1. The number of nitrogens with zero attached hydrogens (tertiary/aromatic N) is 2. The number of aromatic nitrogens is 1. The first kappa shape index (κ1) is 12.5. The van der Waals surface area contributed by atoms with Crippen molar-refractivity contribution in [3.63, 3.8) is 0 Å². The molecule has 0 unspecified atom stereocenters. The second kappa shape index (κ2) is 5.25. The molecule has 19 heavy (non-hydrogen) atoms. The SMILES string of the molecule is CCn1cc(CN2CCCCC2)c2cccc(N)c21. The maximum atomic E-state index is 6.14. The van der Waals surface area contributed by atoms with Gasteiger partial charge in [0, 0.05) is 24.7 Å². The number of para-hydroxylation sites is 1. The molecular weight excluding hydrogens is 234 g/mol. The van der Waals surface area contributed by atoms with Gasteiger partial charge < -0.3 is 10.3 Å². The summed E-state index contributed by atoms with van der Waals surface area (Å²) in [6.07, 6.45) is 6.36. The molecule has 102 valence electrons. The molecule has 0 bridgehead atoms. The molecule has 0 saturated carbocycles. The highest BCUT2D eigenvalue weighted by atomic mass is 15.1. The van der Waals surface area contributed by atoms with E-state index >= 15 is 0 Å². The second-order valence-corrected chi connectivity index (χ2v) is 5.52. The highest BCUT2D eigenvalue weighted by Crippen LogP contribution is 2.28. The summed E-state index contributed by atoms with van der Waals surface area (Å²) >= 11 is 0. The third-order valence-corrected chi connectivity index (χ3v) is 4.20. The van der Waals surface area contributed by atoms with Gasteiger partial charge in [-0.25, -0.2) is 0 Å². The number of piperidine rings is 1. The minimum atomic E-state index is 0.893. The molecule has 0 amide bonds. The summed E-state index contributed by atoms with van der Waals surface area (Å²) in [5.41, 5.74) is 9.67. The van der Waals surface area contributed by atoms with E-state index < -0.39 is 0 Å². The zero-order valence-corrected chi connectivity index (χ0v) is 11.7. The van der Waals surface area contributed by atoms with E-state index in [9.17, 15) is 0 Å². The summed E-state index contributed by atoms with van der Waals surface area (Å²) in [4.78, 5) is 2.57. The normalized spacial score (nSPS) is 17.1. The van der Waals surface area contributed by atoms with Crippen molar-refractivity contribution in [2.24, 2.45) is 0 Å². The first-order valence-corrected chi connectivity index (χ1v) is 7.38.